The van der Waals surface area contributed by atoms with Crippen LogP contribution in [-0.2, 0) is 15.4 Å². The standard InChI is InChI=1S/C19H22FN3O3S/c1-18(2)17(21)23-19(3,11-27(18,24)25)16-14(20)9-10-15(22-16)12-5-7-13(26-4)8-6-12/h5-10H,11H2,1-4H3,(H2,21,23). The molecule has 27 heavy (non-hydrogen) atoms. The molecule has 8 heteroatoms. The number of hydrogen-bond acceptors (Lipinski definition) is 6. The maximum Gasteiger partial charge on any atom is 0.165 e. The van der Waals surface area contributed by atoms with E-state index in [1.165, 1.54) is 26.8 Å². The van der Waals surface area contributed by atoms with Crippen molar-refractivity contribution in [3.05, 3.63) is 47.9 Å². The van der Waals surface area contributed by atoms with Crippen molar-refractivity contribution in [1.29, 1.82) is 0 Å². The van der Waals surface area contributed by atoms with Crippen LogP contribution in [0.2, 0.25) is 0 Å². The predicted molar refractivity (Wildman–Crippen MR) is 103 cm³/mol. The molecule has 6 nitrogen and oxygen atoms in total. The first-order valence-electron chi connectivity index (χ1n) is 8.40. The number of sulfone groups is 1. The summed E-state index contributed by atoms with van der Waals surface area (Å²) in [4.78, 5) is 8.75. The van der Waals surface area contributed by atoms with Crippen molar-refractivity contribution < 1.29 is 17.5 Å². The van der Waals surface area contributed by atoms with E-state index in [0.717, 1.165) is 5.56 Å². The van der Waals surface area contributed by atoms with Crippen LogP contribution in [0.1, 0.15) is 26.5 Å². The summed E-state index contributed by atoms with van der Waals surface area (Å²) in [7, 11) is -2.08. The van der Waals surface area contributed by atoms with Gasteiger partial charge >= 0.3 is 0 Å². The van der Waals surface area contributed by atoms with Crippen molar-refractivity contribution in [3.63, 3.8) is 0 Å². The van der Waals surface area contributed by atoms with Gasteiger partial charge in [0.2, 0.25) is 0 Å². The van der Waals surface area contributed by atoms with Crippen molar-refractivity contribution in [2.24, 2.45) is 10.7 Å². The number of methoxy groups -OCH3 is 1. The molecule has 0 saturated heterocycles. The van der Waals surface area contributed by atoms with Gasteiger partial charge in [-0.2, -0.15) is 0 Å². The SMILES string of the molecule is COc1ccc(-c2ccc(F)c(C3(C)CS(=O)(=O)C(C)(C)C(N)=N3)n2)cc1. The van der Waals surface area contributed by atoms with Crippen molar-refractivity contribution in [2.45, 2.75) is 31.1 Å². The van der Waals surface area contributed by atoms with Gasteiger partial charge in [-0.15, -0.1) is 0 Å². The first kappa shape index (κ1) is 19.3. The molecule has 1 aromatic carbocycles. The third-order valence-electron chi connectivity index (χ3n) is 4.97. The van der Waals surface area contributed by atoms with E-state index in [1.807, 2.05) is 0 Å². The lowest BCUT2D eigenvalue weighted by molar-refractivity contribution is 0.415. The number of benzene rings is 1. The van der Waals surface area contributed by atoms with Crippen LogP contribution in [0.15, 0.2) is 41.4 Å². The number of nitrogens with zero attached hydrogens (tertiary/aromatic N) is 2. The molecule has 2 heterocycles. The van der Waals surface area contributed by atoms with E-state index in [1.54, 1.807) is 37.4 Å². The maximum atomic E-state index is 14.6. The van der Waals surface area contributed by atoms with E-state index in [0.29, 0.717) is 11.4 Å². The van der Waals surface area contributed by atoms with Crippen molar-refractivity contribution >= 4 is 15.7 Å². The van der Waals surface area contributed by atoms with Crippen LogP contribution in [0, 0.1) is 5.82 Å². The summed E-state index contributed by atoms with van der Waals surface area (Å²) in [6.07, 6.45) is 0. The minimum absolute atomic E-state index is 0.0437. The monoisotopic (exact) mass is 391 g/mol. The van der Waals surface area contributed by atoms with E-state index in [9.17, 15) is 12.8 Å². The van der Waals surface area contributed by atoms with E-state index in [-0.39, 0.29) is 17.3 Å². The van der Waals surface area contributed by atoms with E-state index in [4.69, 9.17) is 10.5 Å². The summed E-state index contributed by atoms with van der Waals surface area (Å²) in [6, 6.07) is 9.94. The fourth-order valence-electron chi connectivity index (χ4n) is 3.01. The van der Waals surface area contributed by atoms with Crippen LogP contribution in [0.25, 0.3) is 11.3 Å². The van der Waals surface area contributed by atoms with Gasteiger partial charge in [-0.05, 0) is 57.2 Å². The first-order chi connectivity index (χ1) is 12.5. The molecular weight excluding hydrogens is 369 g/mol. The fraction of sp³-hybridized carbons (Fsp3) is 0.368. The van der Waals surface area contributed by atoms with E-state index >= 15 is 0 Å². The zero-order valence-corrected chi connectivity index (χ0v) is 16.5. The maximum absolute atomic E-state index is 14.6. The number of pyridine rings is 1. The second-order valence-corrected chi connectivity index (χ2v) is 9.83. The number of amidine groups is 1. The quantitative estimate of drug-likeness (QED) is 0.868. The molecule has 0 radical (unpaired) electrons. The molecule has 0 amide bonds. The molecule has 1 aliphatic rings. The highest BCUT2D eigenvalue weighted by Crippen LogP contribution is 2.37. The molecular formula is C19H22FN3O3S. The van der Waals surface area contributed by atoms with Gasteiger partial charge in [-0.1, -0.05) is 0 Å². The lowest BCUT2D eigenvalue weighted by Gasteiger charge is -2.37. The van der Waals surface area contributed by atoms with Crippen LogP contribution >= 0.6 is 0 Å². The normalized spacial score (nSPS) is 23.5. The van der Waals surface area contributed by atoms with Gasteiger partial charge in [0.05, 0.1) is 18.6 Å². The Hall–Kier alpha value is -2.48. The number of hydrogen-bond donors (Lipinski definition) is 1. The number of aliphatic imine (C=N–C) groups is 1. The van der Waals surface area contributed by atoms with Crippen molar-refractivity contribution in [3.8, 4) is 17.0 Å². The number of rotatable bonds is 3. The number of halogens is 1. The topological polar surface area (TPSA) is 94.6 Å². The highest BCUT2D eigenvalue weighted by molar-refractivity contribution is 7.93. The van der Waals surface area contributed by atoms with Gasteiger partial charge in [0, 0.05) is 5.56 Å². The Morgan fingerprint density at radius 3 is 2.30 bits per heavy atom. The Morgan fingerprint density at radius 1 is 1.11 bits per heavy atom. The van der Waals surface area contributed by atoms with Gasteiger partial charge in [0.15, 0.2) is 9.84 Å². The molecule has 0 aliphatic carbocycles. The Balaban J connectivity index is 2.13. The average molecular weight is 391 g/mol. The molecule has 0 spiro atoms. The number of nitrogens with two attached hydrogens (primary N) is 1. The van der Waals surface area contributed by atoms with Crippen LogP contribution in [0.3, 0.4) is 0 Å². The van der Waals surface area contributed by atoms with Crippen LogP contribution < -0.4 is 10.5 Å². The highest BCUT2D eigenvalue weighted by atomic mass is 32.2. The predicted octanol–water partition coefficient (Wildman–Crippen LogP) is 2.68. The zero-order chi connectivity index (χ0) is 20.0. The Bertz CT molecular complexity index is 1020. The molecule has 0 fully saturated rings. The molecule has 0 bridgehead atoms. The molecule has 1 aromatic heterocycles. The second-order valence-electron chi connectivity index (χ2n) is 7.30. The average Bonchev–Trinajstić information content (AvgIpc) is 2.60. The van der Waals surface area contributed by atoms with E-state index < -0.39 is 25.9 Å². The number of aromatic nitrogens is 1. The molecule has 1 aliphatic heterocycles. The molecule has 2 aromatic rings. The lowest BCUT2D eigenvalue weighted by Crippen LogP contribution is -2.55. The van der Waals surface area contributed by atoms with Crippen molar-refractivity contribution in [2.75, 3.05) is 12.9 Å². The van der Waals surface area contributed by atoms with Crippen LogP contribution in [0.5, 0.6) is 5.75 Å². The number of ether oxygens (including phenoxy) is 1. The second kappa shape index (κ2) is 6.30. The summed E-state index contributed by atoms with van der Waals surface area (Å²) < 4.78 is 43.9. The minimum Gasteiger partial charge on any atom is -0.497 e. The molecule has 144 valence electrons. The third kappa shape index (κ3) is 3.18. The third-order valence-corrected chi connectivity index (χ3v) is 7.68. The van der Waals surface area contributed by atoms with Gasteiger partial charge in [0.25, 0.3) is 0 Å². The van der Waals surface area contributed by atoms with Crippen molar-refractivity contribution in [1.82, 2.24) is 4.98 Å². The van der Waals surface area contributed by atoms with Gasteiger partial charge in [-0.3, -0.25) is 4.99 Å². The Morgan fingerprint density at radius 2 is 1.74 bits per heavy atom. The van der Waals surface area contributed by atoms with Gasteiger partial charge in [-0.25, -0.2) is 17.8 Å². The smallest absolute Gasteiger partial charge is 0.165 e. The zero-order valence-electron chi connectivity index (χ0n) is 15.7. The summed E-state index contributed by atoms with van der Waals surface area (Å²) >= 11 is 0. The first-order valence-corrected chi connectivity index (χ1v) is 10.0. The van der Waals surface area contributed by atoms with Crippen LogP contribution in [0.4, 0.5) is 4.39 Å². The fourth-order valence-corrected chi connectivity index (χ4v) is 4.67. The minimum atomic E-state index is -3.65. The summed E-state index contributed by atoms with van der Waals surface area (Å²) in [5, 5.41) is 0. The molecule has 1 unspecified atom stereocenters. The Kier molecular flexibility index (Phi) is 4.50. The molecule has 3 rings (SSSR count). The lowest BCUT2D eigenvalue weighted by atomic mass is 9.97. The van der Waals surface area contributed by atoms with Gasteiger partial charge < -0.3 is 10.5 Å². The molecule has 0 saturated carbocycles. The summed E-state index contributed by atoms with van der Waals surface area (Å²) in [6.45, 7) is 4.53. The Labute approximate surface area is 158 Å². The van der Waals surface area contributed by atoms with Crippen LogP contribution in [-0.4, -0.2) is 36.8 Å². The summed E-state index contributed by atoms with van der Waals surface area (Å²) in [5.74, 6) is -0.358. The molecule has 1 atom stereocenters. The summed E-state index contributed by atoms with van der Waals surface area (Å²) in [5.41, 5.74) is 5.75. The largest absolute Gasteiger partial charge is 0.497 e. The van der Waals surface area contributed by atoms with Gasteiger partial charge in [0.1, 0.15) is 33.4 Å². The highest BCUT2D eigenvalue weighted by Gasteiger charge is 2.50. The van der Waals surface area contributed by atoms with E-state index in [2.05, 4.69) is 9.98 Å². The molecule has 2 N–H and O–H groups in total.